The van der Waals surface area contributed by atoms with Crippen LogP contribution in [0.3, 0.4) is 0 Å². The monoisotopic (exact) mass is 383 g/mol. The number of hydrogen-bond acceptors (Lipinski definition) is 2. The molecule has 0 saturated carbocycles. The Kier molecular flexibility index (Phi) is 5.77. The summed E-state index contributed by atoms with van der Waals surface area (Å²) in [6.45, 7) is 0.912. The third-order valence-electron chi connectivity index (χ3n) is 4.11. The number of rotatable bonds is 5. The molecule has 0 saturated heterocycles. The van der Waals surface area contributed by atoms with Crippen molar-refractivity contribution in [2.45, 2.75) is 6.54 Å². The van der Waals surface area contributed by atoms with Crippen LogP contribution in [-0.4, -0.2) is 24.8 Å². The van der Waals surface area contributed by atoms with E-state index in [1.807, 2.05) is 24.3 Å². The van der Waals surface area contributed by atoms with Gasteiger partial charge in [0.05, 0.1) is 5.02 Å². The van der Waals surface area contributed by atoms with Crippen LogP contribution in [0.25, 0.3) is 11.1 Å². The predicted octanol–water partition coefficient (Wildman–Crippen LogP) is 5.95. The summed E-state index contributed by atoms with van der Waals surface area (Å²) < 4.78 is 0. The van der Waals surface area contributed by atoms with Crippen LogP contribution >= 0.6 is 23.2 Å². The molecule has 0 bridgehead atoms. The van der Waals surface area contributed by atoms with Gasteiger partial charge < -0.3 is 4.90 Å². The molecule has 0 unspecified atom stereocenters. The molecule has 4 heteroatoms. The summed E-state index contributed by atoms with van der Waals surface area (Å²) in [4.78, 5) is 14.8. The fourth-order valence-electron chi connectivity index (χ4n) is 2.81. The van der Waals surface area contributed by atoms with Gasteiger partial charge in [-0.15, -0.1) is 0 Å². The van der Waals surface area contributed by atoms with Gasteiger partial charge >= 0.3 is 0 Å². The number of carbonyl (C=O) groups excluding carboxylic acids is 1. The largest absolute Gasteiger partial charge is 0.305 e. The fraction of sp³-hybridized carbons (Fsp3) is 0.136. The van der Waals surface area contributed by atoms with Gasteiger partial charge in [0.25, 0.3) is 0 Å². The smallest absolute Gasteiger partial charge is 0.194 e. The molecule has 0 atom stereocenters. The molecule has 3 aromatic carbocycles. The van der Waals surface area contributed by atoms with Gasteiger partial charge in [-0.3, -0.25) is 4.79 Å². The molecule has 132 valence electrons. The van der Waals surface area contributed by atoms with Crippen LogP contribution in [0, 0.1) is 0 Å². The van der Waals surface area contributed by atoms with Crippen molar-refractivity contribution in [1.82, 2.24) is 4.90 Å². The molecule has 0 aliphatic heterocycles. The molecule has 26 heavy (non-hydrogen) atoms. The Morgan fingerprint density at radius 2 is 1.42 bits per heavy atom. The van der Waals surface area contributed by atoms with E-state index in [0.717, 1.165) is 17.7 Å². The average Bonchev–Trinajstić information content (AvgIpc) is 2.61. The number of carbonyl (C=O) groups is 1. The highest BCUT2D eigenvalue weighted by Gasteiger charge is 2.13. The highest BCUT2D eigenvalue weighted by Crippen LogP contribution is 2.25. The zero-order valence-corrected chi connectivity index (χ0v) is 16.2. The average molecular weight is 384 g/mol. The Morgan fingerprint density at radius 1 is 0.846 bits per heavy atom. The second-order valence-electron chi connectivity index (χ2n) is 6.47. The lowest BCUT2D eigenvalue weighted by Gasteiger charge is -2.10. The van der Waals surface area contributed by atoms with Crippen molar-refractivity contribution in [1.29, 1.82) is 0 Å². The van der Waals surface area contributed by atoms with Crippen molar-refractivity contribution >= 4 is 29.0 Å². The van der Waals surface area contributed by atoms with E-state index in [1.165, 1.54) is 5.56 Å². The first kappa shape index (κ1) is 18.7. The maximum absolute atomic E-state index is 12.6. The SMILES string of the molecule is CN(C)Cc1ccc(-c2ccc(C(=O)c3ccc(Cl)cc3Cl)cc2)cc1. The number of nitrogens with zero attached hydrogens (tertiary/aromatic N) is 1. The van der Waals surface area contributed by atoms with Crippen LogP contribution < -0.4 is 0 Å². The van der Waals surface area contributed by atoms with Crippen molar-refractivity contribution in [3.05, 3.63) is 93.5 Å². The van der Waals surface area contributed by atoms with E-state index in [1.54, 1.807) is 18.2 Å². The maximum Gasteiger partial charge on any atom is 0.194 e. The zero-order valence-electron chi connectivity index (χ0n) is 14.7. The van der Waals surface area contributed by atoms with Gasteiger partial charge in [-0.05, 0) is 49.0 Å². The molecule has 3 aromatic rings. The lowest BCUT2D eigenvalue weighted by atomic mass is 9.99. The normalized spacial score (nSPS) is 11.0. The third kappa shape index (κ3) is 4.34. The topological polar surface area (TPSA) is 20.3 Å². The second-order valence-corrected chi connectivity index (χ2v) is 7.31. The molecule has 0 heterocycles. The van der Waals surface area contributed by atoms with Crippen LogP contribution in [0.4, 0.5) is 0 Å². The van der Waals surface area contributed by atoms with E-state index in [2.05, 4.69) is 43.3 Å². The molecule has 0 aliphatic carbocycles. The standard InChI is InChI=1S/C22H19Cl2NO/c1-25(2)14-15-3-5-16(6-4-15)17-7-9-18(10-8-17)22(26)20-12-11-19(23)13-21(20)24/h3-13H,14H2,1-2H3. The number of halogens is 2. The minimum atomic E-state index is -0.112. The van der Waals surface area contributed by atoms with Crippen LogP contribution in [-0.2, 0) is 6.54 Å². The van der Waals surface area contributed by atoms with Gasteiger partial charge in [0.15, 0.2) is 5.78 Å². The molecule has 0 aliphatic rings. The first-order valence-electron chi connectivity index (χ1n) is 8.28. The van der Waals surface area contributed by atoms with Crippen molar-refractivity contribution in [3.63, 3.8) is 0 Å². The van der Waals surface area contributed by atoms with Gasteiger partial charge in [-0.25, -0.2) is 0 Å². The molecule has 0 radical (unpaired) electrons. The number of hydrogen-bond donors (Lipinski definition) is 0. The van der Waals surface area contributed by atoms with Crippen molar-refractivity contribution in [3.8, 4) is 11.1 Å². The first-order valence-corrected chi connectivity index (χ1v) is 9.03. The first-order chi connectivity index (χ1) is 12.4. The van der Waals surface area contributed by atoms with Crippen molar-refractivity contribution < 1.29 is 4.79 Å². The molecule has 0 N–H and O–H groups in total. The molecule has 3 rings (SSSR count). The summed E-state index contributed by atoms with van der Waals surface area (Å²) in [5.41, 5.74) is 4.51. The minimum Gasteiger partial charge on any atom is -0.305 e. The van der Waals surface area contributed by atoms with Crippen LogP contribution in [0.2, 0.25) is 10.0 Å². The molecular weight excluding hydrogens is 365 g/mol. The Hall–Kier alpha value is -2.13. The summed E-state index contributed by atoms with van der Waals surface area (Å²) in [6.07, 6.45) is 0. The Morgan fingerprint density at radius 3 is 1.96 bits per heavy atom. The summed E-state index contributed by atoms with van der Waals surface area (Å²) in [5, 5.41) is 0.877. The van der Waals surface area contributed by atoms with E-state index >= 15 is 0 Å². The quantitative estimate of drug-likeness (QED) is 0.507. The summed E-state index contributed by atoms with van der Waals surface area (Å²) in [5.74, 6) is -0.112. The van der Waals surface area contributed by atoms with E-state index in [0.29, 0.717) is 21.2 Å². The molecular formula is C22H19Cl2NO. The summed E-state index contributed by atoms with van der Waals surface area (Å²) in [6, 6.07) is 20.9. The van der Waals surface area contributed by atoms with E-state index in [4.69, 9.17) is 23.2 Å². The Balaban J connectivity index is 1.80. The molecule has 0 fully saturated rings. The lowest BCUT2D eigenvalue weighted by molar-refractivity contribution is 0.103. The van der Waals surface area contributed by atoms with Crippen molar-refractivity contribution in [2.75, 3.05) is 14.1 Å². The molecule has 0 spiro atoms. The van der Waals surface area contributed by atoms with Crippen LogP contribution in [0.15, 0.2) is 66.7 Å². The highest BCUT2D eigenvalue weighted by atomic mass is 35.5. The van der Waals surface area contributed by atoms with Gasteiger partial charge in [0.1, 0.15) is 0 Å². The molecule has 2 nitrogen and oxygen atoms in total. The van der Waals surface area contributed by atoms with Gasteiger partial charge in [0.2, 0.25) is 0 Å². The van der Waals surface area contributed by atoms with Crippen LogP contribution in [0.1, 0.15) is 21.5 Å². The zero-order chi connectivity index (χ0) is 18.7. The Labute approximate surface area is 164 Å². The maximum atomic E-state index is 12.6. The second kappa shape index (κ2) is 8.05. The third-order valence-corrected chi connectivity index (χ3v) is 4.66. The number of ketones is 1. The van der Waals surface area contributed by atoms with Gasteiger partial charge in [-0.1, -0.05) is 71.7 Å². The highest BCUT2D eigenvalue weighted by molar-refractivity contribution is 6.37. The molecule has 0 aromatic heterocycles. The summed E-state index contributed by atoms with van der Waals surface area (Å²) >= 11 is 12.0. The van der Waals surface area contributed by atoms with E-state index in [9.17, 15) is 4.79 Å². The minimum absolute atomic E-state index is 0.112. The fourth-order valence-corrected chi connectivity index (χ4v) is 3.31. The van der Waals surface area contributed by atoms with Gasteiger partial charge in [0, 0.05) is 22.7 Å². The predicted molar refractivity (Wildman–Crippen MR) is 109 cm³/mol. The lowest BCUT2D eigenvalue weighted by Crippen LogP contribution is -2.10. The van der Waals surface area contributed by atoms with E-state index in [-0.39, 0.29) is 5.78 Å². The van der Waals surface area contributed by atoms with Crippen LogP contribution in [0.5, 0.6) is 0 Å². The van der Waals surface area contributed by atoms with E-state index < -0.39 is 0 Å². The molecule has 0 amide bonds. The van der Waals surface area contributed by atoms with Gasteiger partial charge in [-0.2, -0.15) is 0 Å². The van der Waals surface area contributed by atoms with Crippen molar-refractivity contribution in [2.24, 2.45) is 0 Å². The Bertz CT molecular complexity index is 916. The summed E-state index contributed by atoms with van der Waals surface area (Å²) in [7, 11) is 4.10. The number of benzene rings is 3.